The monoisotopic (exact) mass is 753 g/mol. The summed E-state index contributed by atoms with van der Waals surface area (Å²) in [7, 11) is 0. The molecule has 258 valence electrons. The third kappa shape index (κ3) is 6.04. The summed E-state index contributed by atoms with van der Waals surface area (Å²) >= 11 is 3.46. The molecule has 0 saturated heterocycles. The van der Waals surface area contributed by atoms with Crippen LogP contribution in [0.5, 0.6) is 0 Å². The maximum atomic E-state index is 13.4. The average Bonchev–Trinajstić information content (AvgIpc) is 3.91. The zero-order chi connectivity index (χ0) is 35.2. The van der Waals surface area contributed by atoms with Crippen LogP contribution in [0.2, 0.25) is 0 Å². The van der Waals surface area contributed by atoms with Crippen molar-refractivity contribution in [1.29, 1.82) is 0 Å². The van der Waals surface area contributed by atoms with Crippen molar-refractivity contribution in [3.63, 3.8) is 0 Å². The number of carbonyl (C=O) groups is 2. The number of aromatic nitrogens is 9. The van der Waals surface area contributed by atoms with Crippen LogP contribution in [0.25, 0.3) is 39.2 Å². The molecule has 6 heterocycles. The van der Waals surface area contributed by atoms with Gasteiger partial charge in [-0.15, -0.1) is 15.3 Å². The van der Waals surface area contributed by atoms with E-state index in [2.05, 4.69) is 86.6 Å². The first-order chi connectivity index (χ1) is 25.5. The summed E-state index contributed by atoms with van der Waals surface area (Å²) < 4.78 is 6.80. The highest BCUT2D eigenvalue weighted by Crippen LogP contribution is 2.32. The van der Waals surface area contributed by atoms with Gasteiger partial charge >= 0.3 is 0 Å². The minimum atomic E-state index is -0.238. The van der Waals surface area contributed by atoms with Crippen molar-refractivity contribution < 1.29 is 9.59 Å². The van der Waals surface area contributed by atoms with Gasteiger partial charge in [-0.1, -0.05) is 53.7 Å². The quantitative estimate of drug-likeness (QED) is 0.221. The number of hydrogen-bond acceptors (Lipinski definition) is 8. The molecule has 1 aliphatic heterocycles. The molecule has 1 aliphatic carbocycles. The van der Waals surface area contributed by atoms with Crippen molar-refractivity contribution in [2.45, 2.75) is 38.5 Å². The summed E-state index contributed by atoms with van der Waals surface area (Å²) in [6, 6.07) is 24.4. The molecule has 0 unspecified atom stereocenters. The molecule has 1 saturated carbocycles. The van der Waals surface area contributed by atoms with Crippen LogP contribution in [0, 0.1) is 5.92 Å². The zero-order valence-electron chi connectivity index (χ0n) is 27.9. The Hall–Kier alpha value is -6.02. The van der Waals surface area contributed by atoms with Crippen molar-refractivity contribution in [2.75, 3.05) is 6.54 Å². The van der Waals surface area contributed by atoms with Gasteiger partial charge in [0.2, 0.25) is 5.91 Å². The Morgan fingerprint density at radius 2 is 1.67 bits per heavy atom. The highest BCUT2D eigenvalue weighted by atomic mass is 79.9. The molecule has 7 aromatic rings. The molecule has 14 heteroatoms. The van der Waals surface area contributed by atoms with E-state index in [0.717, 1.165) is 49.5 Å². The molecule has 1 fully saturated rings. The van der Waals surface area contributed by atoms with E-state index in [1.807, 2.05) is 52.1 Å². The fourth-order valence-electron chi connectivity index (χ4n) is 7.12. The molecule has 5 aromatic heterocycles. The molecule has 0 radical (unpaired) electrons. The third-order valence-corrected chi connectivity index (χ3v) is 10.3. The van der Waals surface area contributed by atoms with Crippen molar-refractivity contribution in [3.8, 4) is 28.3 Å². The van der Waals surface area contributed by atoms with Crippen LogP contribution in [0.3, 0.4) is 0 Å². The average molecular weight is 755 g/mol. The van der Waals surface area contributed by atoms with Crippen LogP contribution in [0.4, 0.5) is 0 Å². The molecule has 1 N–H and O–H groups in total. The third-order valence-electron chi connectivity index (χ3n) is 9.84. The second kappa shape index (κ2) is 13.3. The molecule has 2 aromatic carbocycles. The number of hydrogen-bond donors (Lipinski definition) is 1. The molecule has 0 spiro atoms. The van der Waals surface area contributed by atoms with E-state index in [1.54, 1.807) is 35.5 Å². The summed E-state index contributed by atoms with van der Waals surface area (Å²) in [5.74, 6) is 1.19. The van der Waals surface area contributed by atoms with Gasteiger partial charge in [-0.25, -0.2) is 4.68 Å². The van der Waals surface area contributed by atoms with Crippen molar-refractivity contribution in [1.82, 2.24) is 54.5 Å². The SMILES string of the molecule is O=C(NC1CC(C(=O)N2CCn3c(nnc3-c3cncc(Br)c3)C2)C1)c1cncc(-n2cc(Cn3c(-c4ccccc4)cc4ccccc43)nn2)c1. The lowest BCUT2D eigenvalue weighted by Crippen LogP contribution is -2.51. The summed E-state index contributed by atoms with van der Waals surface area (Å²) in [5, 5.41) is 21.8. The van der Waals surface area contributed by atoms with Gasteiger partial charge in [-0.3, -0.25) is 19.6 Å². The van der Waals surface area contributed by atoms with Gasteiger partial charge in [0.15, 0.2) is 11.6 Å². The Labute approximate surface area is 306 Å². The molecular formula is C38H32BrN11O2. The number of carbonyl (C=O) groups excluding carboxylic acids is 2. The van der Waals surface area contributed by atoms with Gasteiger partial charge in [0.1, 0.15) is 5.69 Å². The van der Waals surface area contributed by atoms with E-state index >= 15 is 0 Å². The van der Waals surface area contributed by atoms with Gasteiger partial charge in [-0.2, -0.15) is 0 Å². The lowest BCUT2D eigenvalue weighted by Gasteiger charge is -2.39. The minimum Gasteiger partial charge on any atom is -0.349 e. The summed E-state index contributed by atoms with van der Waals surface area (Å²) in [4.78, 5) is 37.1. The first-order valence-corrected chi connectivity index (χ1v) is 17.9. The number of rotatable bonds is 8. The summed E-state index contributed by atoms with van der Waals surface area (Å²) in [6.45, 7) is 2.11. The number of halogens is 1. The normalized spacial score (nSPS) is 16.8. The van der Waals surface area contributed by atoms with Crippen molar-refractivity contribution in [3.05, 3.63) is 125 Å². The van der Waals surface area contributed by atoms with E-state index in [-0.39, 0.29) is 23.8 Å². The van der Waals surface area contributed by atoms with E-state index < -0.39 is 0 Å². The fraction of sp³-hybridized carbons (Fsp3) is 0.211. The number of pyridine rings is 2. The molecule has 2 aliphatic rings. The lowest BCUT2D eigenvalue weighted by molar-refractivity contribution is -0.140. The van der Waals surface area contributed by atoms with E-state index in [9.17, 15) is 9.59 Å². The van der Waals surface area contributed by atoms with Gasteiger partial charge in [-0.05, 0) is 58.6 Å². The number of fused-ring (bicyclic) bond motifs is 2. The highest BCUT2D eigenvalue weighted by Gasteiger charge is 2.39. The largest absolute Gasteiger partial charge is 0.349 e. The van der Waals surface area contributed by atoms with Gasteiger partial charge in [0.05, 0.1) is 36.7 Å². The number of benzene rings is 2. The van der Waals surface area contributed by atoms with Gasteiger partial charge in [0.25, 0.3) is 5.91 Å². The molecule has 9 rings (SSSR count). The summed E-state index contributed by atoms with van der Waals surface area (Å²) in [5.41, 5.74) is 6.02. The van der Waals surface area contributed by atoms with Crippen molar-refractivity contribution in [2.24, 2.45) is 5.92 Å². The Balaban J connectivity index is 0.826. The number of nitrogens with one attached hydrogen (secondary N) is 1. The van der Waals surface area contributed by atoms with E-state index in [1.165, 1.54) is 0 Å². The number of para-hydroxylation sites is 1. The Kier molecular flexibility index (Phi) is 8.15. The molecular weight excluding hydrogens is 722 g/mol. The predicted molar refractivity (Wildman–Crippen MR) is 196 cm³/mol. The molecule has 0 atom stereocenters. The Bertz CT molecular complexity index is 2450. The topological polar surface area (TPSA) is 142 Å². The standard InChI is InChI=1S/C38H32BrN11O2/c39-29-12-27(17-40-19-29)36-45-44-35-23-47(10-11-48(35)36)38(52)26-13-30(14-26)42-37(51)28-15-32(20-41-18-28)50-22-31(43-46-50)21-49-33-9-5-4-8-25(33)16-34(49)24-6-2-1-3-7-24/h1-9,12,15-20,22,26,30H,10-11,13-14,21,23H2,(H,42,51). The molecule has 2 amide bonds. The van der Waals surface area contributed by atoms with Crippen LogP contribution in [0.15, 0.2) is 108 Å². The van der Waals surface area contributed by atoms with Crippen LogP contribution < -0.4 is 5.32 Å². The maximum absolute atomic E-state index is 13.4. The molecule has 52 heavy (non-hydrogen) atoms. The fourth-order valence-corrected chi connectivity index (χ4v) is 7.49. The molecule has 13 nitrogen and oxygen atoms in total. The first kappa shape index (κ1) is 31.9. The van der Waals surface area contributed by atoms with Crippen LogP contribution in [-0.4, -0.2) is 73.6 Å². The summed E-state index contributed by atoms with van der Waals surface area (Å²) in [6.07, 6.45) is 9.72. The first-order valence-electron chi connectivity index (χ1n) is 17.1. The van der Waals surface area contributed by atoms with Gasteiger partial charge in [0, 0.05) is 70.3 Å². The minimum absolute atomic E-state index is 0.0832. The Morgan fingerprint density at radius 1 is 0.846 bits per heavy atom. The molecule has 0 bridgehead atoms. The van der Waals surface area contributed by atoms with Crippen LogP contribution >= 0.6 is 15.9 Å². The van der Waals surface area contributed by atoms with E-state index in [4.69, 9.17) is 0 Å². The smallest absolute Gasteiger partial charge is 0.253 e. The van der Waals surface area contributed by atoms with Crippen LogP contribution in [-0.2, 0) is 24.4 Å². The second-order valence-corrected chi connectivity index (χ2v) is 14.1. The predicted octanol–water partition coefficient (Wildman–Crippen LogP) is 5.30. The van der Waals surface area contributed by atoms with Gasteiger partial charge < -0.3 is 19.4 Å². The highest BCUT2D eigenvalue weighted by molar-refractivity contribution is 9.10. The maximum Gasteiger partial charge on any atom is 0.253 e. The lowest BCUT2D eigenvalue weighted by atomic mass is 9.79. The van der Waals surface area contributed by atoms with Crippen molar-refractivity contribution >= 4 is 38.6 Å². The number of nitrogens with zero attached hydrogens (tertiary/aromatic N) is 10. The zero-order valence-corrected chi connectivity index (χ0v) is 29.5. The van der Waals surface area contributed by atoms with Crippen LogP contribution in [0.1, 0.15) is 34.7 Å². The second-order valence-electron chi connectivity index (χ2n) is 13.2. The Morgan fingerprint density at radius 3 is 2.54 bits per heavy atom. The number of amides is 2. The van der Waals surface area contributed by atoms with E-state index in [0.29, 0.717) is 50.3 Å².